The van der Waals surface area contributed by atoms with Crippen LogP contribution >= 0.6 is 0 Å². The summed E-state index contributed by atoms with van der Waals surface area (Å²) < 4.78 is 18.2. The molecule has 2 aromatic carbocycles. The Kier molecular flexibility index (Phi) is 6.51. The zero-order valence-corrected chi connectivity index (χ0v) is 14.3. The van der Waals surface area contributed by atoms with Crippen molar-refractivity contribution in [3.05, 3.63) is 65.0 Å². The maximum Gasteiger partial charge on any atom is 0.276 e. The zero-order chi connectivity index (χ0) is 18.2. The molecule has 0 aliphatic heterocycles. The van der Waals surface area contributed by atoms with Crippen molar-refractivity contribution in [3.8, 4) is 5.75 Å². The highest BCUT2D eigenvalue weighted by atomic mass is 19.1. The van der Waals surface area contributed by atoms with E-state index in [9.17, 15) is 14.0 Å². The molecule has 0 saturated heterocycles. The number of carbonyl (C=O) groups excluding carboxylic acids is 2. The van der Waals surface area contributed by atoms with Crippen molar-refractivity contribution in [1.29, 1.82) is 0 Å². The van der Waals surface area contributed by atoms with Crippen molar-refractivity contribution in [2.75, 3.05) is 6.61 Å². The van der Waals surface area contributed by atoms with Crippen LogP contribution in [0.5, 0.6) is 5.75 Å². The standard InChI is InChI=1S/C19H21FN2O3/c1-13-9-14(2)11-17(10-13)25-12-19(24)22-21-18(23)8-5-15-3-6-16(20)7-4-15/h3-4,6-7,9-11H,5,8,12H2,1-2H3,(H,21,23)(H,22,24). The van der Waals surface area contributed by atoms with Gasteiger partial charge in [-0.05, 0) is 61.2 Å². The van der Waals surface area contributed by atoms with Gasteiger partial charge in [-0.25, -0.2) is 4.39 Å². The van der Waals surface area contributed by atoms with Gasteiger partial charge >= 0.3 is 0 Å². The molecule has 0 bridgehead atoms. The van der Waals surface area contributed by atoms with Crippen molar-refractivity contribution in [3.63, 3.8) is 0 Å². The average Bonchev–Trinajstić information content (AvgIpc) is 2.57. The number of rotatable bonds is 6. The summed E-state index contributed by atoms with van der Waals surface area (Å²) >= 11 is 0. The van der Waals surface area contributed by atoms with Gasteiger partial charge in [-0.1, -0.05) is 18.2 Å². The summed E-state index contributed by atoms with van der Waals surface area (Å²) in [4.78, 5) is 23.4. The molecule has 6 heteroatoms. The second kappa shape index (κ2) is 8.82. The molecular weight excluding hydrogens is 323 g/mol. The largest absolute Gasteiger partial charge is 0.484 e. The maximum absolute atomic E-state index is 12.8. The Morgan fingerprint density at radius 2 is 1.56 bits per heavy atom. The first-order chi connectivity index (χ1) is 11.9. The molecule has 5 nitrogen and oxygen atoms in total. The van der Waals surface area contributed by atoms with E-state index in [0.717, 1.165) is 16.7 Å². The molecule has 132 valence electrons. The highest BCUT2D eigenvalue weighted by Gasteiger charge is 2.07. The molecule has 25 heavy (non-hydrogen) atoms. The minimum atomic E-state index is -0.450. The van der Waals surface area contributed by atoms with E-state index in [1.165, 1.54) is 12.1 Å². The fourth-order valence-electron chi connectivity index (χ4n) is 2.31. The van der Waals surface area contributed by atoms with Crippen LogP contribution in [-0.2, 0) is 16.0 Å². The van der Waals surface area contributed by atoms with Gasteiger partial charge in [-0.2, -0.15) is 0 Å². The molecule has 0 spiro atoms. The summed E-state index contributed by atoms with van der Waals surface area (Å²) in [5.41, 5.74) is 7.57. The van der Waals surface area contributed by atoms with Crippen LogP contribution in [0.1, 0.15) is 23.1 Å². The number of ether oxygens (including phenoxy) is 1. The van der Waals surface area contributed by atoms with Gasteiger partial charge in [-0.3, -0.25) is 20.4 Å². The minimum Gasteiger partial charge on any atom is -0.484 e. The summed E-state index contributed by atoms with van der Waals surface area (Å²) in [5.74, 6) is -0.488. The number of aryl methyl sites for hydroxylation is 3. The zero-order valence-electron chi connectivity index (χ0n) is 14.3. The summed E-state index contributed by atoms with van der Waals surface area (Å²) in [6.07, 6.45) is 0.644. The molecular formula is C19H21FN2O3. The normalized spacial score (nSPS) is 10.2. The van der Waals surface area contributed by atoms with Gasteiger partial charge < -0.3 is 4.74 Å². The Hall–Kier alpha value is -2.89. The first-order valence-electron chi connectivity index (χ1n) is 7.95. The van der Waals surface area contributed by atoms with Crippen LogP contribution in [-0.4, -0.2) is 18.4 Å². The topological polar surface area (TPSA) is 67.4 Å². The van der Waals surface area contributed by atoms with Crippen molar-refractivity contribution >= 4 is 11.8 Å². The van der Waals surface area contributed by atoms with E-state index in [2.05, 4.69) is 10.9 Å². The Labute approximate surface area is 146 Å². The van der Waals surface area contributed by atoms with Gasteiger partial charge in [0.2, 0.25) is 5.91 Å². The summed E-state index contributed by atoms with van der Waals surface area (Å²) in [5, 5.41) is 0. The van der Waals surface area contributed by atoms with Gasteiger partial charge in [0, 0.05) is 6.42 Å². The molecule has 2 amide bonds. The number of hydrazine groups is 1. The van der Waals surface area contributed by atoms with E-state index < -0.39 is 5.91 Å². The van der Waals surface area contributed by atoms with Gasteiger partial charge in [0.1, 0.15) is 11.6 Å². The smallest absolute Gasteiger partial charge is 0.276 e. The monoisotopic (exact) mass is 344 g/mol. The van der Waals surface area contributed by atoms with E-state index in [4.69, 9.17) is 4.74 Å². The van der Waals surface area contributed by atoms with Crippen molar-refractivity contribution in [2.45, 2.75) is 26.7 Å². The van der Waals surface area contributed by atoms with Crippen LogP contribution in [0.2, 0.25) is 0 Å². The molecule has 0 saturated carbocycles. The molecule has 2 aromatic rings. The van der Waals surface area contributed by atoms with Crippen LogP contribution in [0, 0.1) is 19.7 Å². The fourth-order valence-corrected chi connectivity index (χ4v) is 2.31. The molecule has 0 atom stereocenters. The first kappa shape index (κ1) is 18.4. The number of amides is 2. The lowest BCUT2D eigenvalue weighted by molar-refractivity contribution is -0.130. The van der Waals surface area contributed by atoms with Crippen LogP contribution in [0.4, 0.5) is 4.39 Å². The lowest BCUT2D eigenvalue weighted by Crippen LogP contribution is -2.43. The number of hydrogen-bond donors (Lipinski definition) is 2. The fraction of sp³-hybridized carbons (Fsp3) is 0.263. The molecule has 0 heterocycles. The first-order valence-corrected chi connectivity index (χ1v) is 7.95. The molecule has 0 fully saturated rings. The second-order valence-corrected chi connectivity index (χ2v) is 5.83. The Morgan fingerprint density at radius 1 is 0.960 bits per heavy atom. The van der Waals surface area contributed by atoms with E-state index in [1.54, 1.807) is 12.1 Å². The number of nitrogens with one attached hydrogen (secondary N) is 2. The third-order valence-electron chi connectivity index (χ3n) is 3.46. The SMILES string of the molecule is Cc1cc(C)cc(OCC(=O)NNC(=O)CCc2ccc(F)cc2)c1. The van der Waals surface area contributed by atoms with E-state index in [-0.39, 0.29) is 24.8 Å². The number of hydrogen-bond acceptors (Lipinski definition) is 3. The van der Waals surface area contributed by atoms with E-state index in [1.807, 2.05) is 32.0 Å². The van der Waals surface area contributed by atoms with E-state index >= 15 is 0 Å². The molecule has 0 aliphatic carbocycles. The number of carbonyl (C=O) groups is 2. The second-order valence-electron chi connectivity index (χ2n) is 5.83. The molecule has 2 N–H and O–H groups in total. The van der Waals surface area contributed by atoms with Crippen LogP contribution in [0.3, 0.4) is 0 Å². The third kappa shape index (κ3) is 6.63. The Morgan fingerprint density at radius 3 is 2.20 bits per heavy atom. The predicted octanol–water partition coefficient (Wildman–Crippen LogP) is 2.60. The third-order valence-corrected chi connectivity index (χ3v) is 3.46. The molecule has 0 unspecified atom stereocenters. The number of halogens is 1. The van der Waals surface area contributed by atoms with Crippen molar-refractivity contribution in [2.24, 2.45) is 0 Å². The minimum absolute atomic E-state index is 0.184. The van der Waals surface area contributed by atoms with Crippen molar-refractivity contribution in [1.82, 2.24) is 10.9 Å². The summed E-state index contributed by atoms with van der Waals surface area (Å²) in [6.45, 7) is 3.70. The van der Waals surface area contributed by atoms with E-state index in [0.29, 0.717) is 12.2 Å². The van der Waals surface area contributed by atoms with Gasteiger partial charge in [0.15, 0.2) is 6.61 Å². The van der Waals surface area contributed by atoms with Crippen LogP contribution in [0.25, 0.3) is 0 Å². The number of benzene rings is 2. The average molecular weight is 344 g/mol. The van der Waals surface area contributed by atoms with Crippen LogP contribution < -0.4 is 15.6 Å². The lowest BCUT2D eigenvalue weighted by Gasteiger charge is -2.10. The molecule has 0 aliphatic rings. The predicted molar refractivity (Wildman–Crippen MR) is 92.4 cm³/mol. The molecule has 0 radical (unpaired) electrons. The quantitative estimate of drug-likeness (QED) is 0.792. The Balaban J connectivity index is 1.68. The molecule has 2 rings (SSSR count). The lowest BCUT2D eigenvalue weighted by atomic mass is 10.1. The molecule has 0 aromatic heterocycles. The van der Waals surface area contributed by atoms with Crippen molar-refractivity contribution < 1.29 is 18.7 Å². The summed E-state index contributed by atoms with van der Waals surface area (Å²) in [7, 11) is 0. The van der Waals surface area contributed by atoms with Gasteiger partial charge in [0.05, 0.1) is 0 Å². The Bertz CT molecular complexity index is 725. The van der Waals surface area contributed by atoms with Gasteiger partial charge in [-0.15, -0.1) is 0 Å². The maximum atomic E-state index is 12.8. The summed E-state index contributed by atoms with van der Waals surface area (Å²) in [6, 6.07) is 11.6. The highest BCUT2D eigenvalue weighted by Crippen LogP contribution is 2.15. The highest BCUT2D eigenvalue weighted by molar-refractivity contribution is 5.82. The van der Waals surface area contributed by atoms with Crippen LogP contribution in [0.15, 0.2) is 42.5 Å². The van der Waals surface area contributed by atoms with Gasteiger partial charge in [0.25, 0.3) is 5.91 Å².